The molecule has 1 heterocycles. The number of fused-ring (bicyclic) bond motifs is 1. The number of hydrogen-bond acceptors (Lipinski definition) is 3. The molecule has 0 atom stereocenters. The van der Waals surface area contributed by atoms with Crippen molar-refractivity contribution in [3.05, 3.63) is 74.0 Å². The number of hydrogen-bond donors (Lipinski definition) is 2. The monoisotopic (exact) mass is 390 g/mol. The van der Waals surface area contributed by atoms with Crippen LogP contribution in [0, 0.1) is 0 Å². The van der Waals surface area contributed by atoms with Gasteiger partial charge in [-0.3, -0.25) is 9.59 Å². The number of pyridine rings is 1. The summed E-state index contributed by atoms with van der Waals surface area (Å²) >= 11 is 12.1. The quantitative estimate of drug-likeness (QED) is 0.695. The van der Waals surface area contributed by atoms with Gasteiger partial charge in [0, 0.05) is 17.5 Å². The minimum atomic E-state index is -0.277. The molecule has 5 nitrogen and oxygen atoms in total. The van der Waals surface area contributed by atoms with Gasteiger partial charge in [0.2, 0.25) is 0 Å². The number of H-pyrrole nitrogens is 1. The fourth-order valence-electron chi connectivity index (χ4n) is 2.65. The summed E-state index contributed by atoms with van der Waals surface area (Å²) in [6.45, 7) is 0.309. The van der Waals surface area contributed by atoms with Gasteiger partial charge in [0.1, 0.15) is 5.75 Å². The van der Waals surface area contributed by atoms with Crippen molar-refractivity contribution in [2.24, 2.45) is 0 Å². The topological polar surface area (TPSA) is 71.2 Å². The number of aromatic nitrogens is 1. The molecule has 3 aromatic rings. The lowest BCUT2D eigenvalue weighted by atomic mass is 10.1. The molecule has 0 saturated carbocycles. The molecule has 1 amide bonds. The predicted molar refractivity (Wildman–Crippen MR) is 104 cm³/mol. The van der Waals surface area contributed by atoms with Gasteiger partial charge in [0.15, 0.2) is 0 Å². The first-order valence-electron chi connectivity index (χ1n) is 7.92. The van der Waals surface area contributed by atoms with Crippen LogP contribution in [0.4, 0.5) is 0 Å². The highest BCUT2D eigenvalue weighted by Crippen LogP contribution is 2.28. The van der Waals surface area contributed by atoms with Crippen LogP contribution >= 0.6 is 23.2 Å². The smallest absolute Gasteiger partial charge is 0.252 e. The lowest BCUT2D eigenvalue weighted by Gasteiger charge is -2.09. The van der Waals surface area contributed by atoms with Crippen LogP contribution in [0.5, 0.6) is 5.75 Å². The summed E-state index contributed by atoms with van der Waals surface area (Å²) in [5.41, 5.74) is 1.37. The Hall–Kier alpha value is -2.50. The molecule has 2 aromatic carbocycles. The van der Waals surface area contributed by atoms with E-state index < -0.39 is 0 Å². The molecule has 2 N–H and O–H groups in total. The van der Waals surface area contributed by atoms with E-state index in [-0.39, 0.29) is 11.5 Å². The zero-order chi connectivity index (χ0) is 18.7. The fraction of sp³-hybridized carbons (Fsp3) is 0.158. The zero-order valence-electron chi connectivity index (χ0n) is 13.9. The van der Waals surface area contributed by atoms with Crippen molar-refractivity contribution >= 4 is 40.0 Å². The molecule has 0 aliphatic heterocycles. The molecule has 0 aliphatic carbocycles. The number of halogens is 2. The molecule has 1 aromatic heterocycles. The van der Waals surface area contributed by atoms with Crippen molar-refractivity contribution in [3.63, 3.8) is 0 Å². The Labute approximate surface area is 159 Å². The first-order valence-corrected chi connectivity index (χ1v) is 8.67. The standard InChI is InChI=1S/C19H16Cl2N2O3/c1-26-17-9-12-8-11(18(24)23-16(12)10-15(17)21)6-7-22-19(25)13-4-2-3-5-14(13)20/h2-5,8-10H,6-7H2,1H3,(H,22,25)(H,23,24). The highest BCUT2D eigenvalue weighted by Gasteiger charge is 2.10. The van der Waals surface area contributed by atoms with Gasteiger partial charge in [-0.1, -0.05) is 35.3 Å². The number of nitrogens with one attached hydrogen (secondary N) is 2. The van der Waals surface area contributed by atoms with Gasteiger partial charge < -0.3 is 15.0 Å². The Balaban J connectivity index is 1.75. The van der Waals surface area contributed by atoms with Crippen LogP contribution in [0.3, 0.4) is 0 Å². The van der Waals surface area contributed by atoms with E-state index in [2.05, 4.69) is 10.3 Å². The number of rotatable bonds is 5. The molecule has 0 aliphatic rings. The van der Waals surface area contributed by atoms with E-state index in [1.165, 1.54) is 7.11 Å². The Bertz CT molecular complexity index is 1030. The van der Waals surface area contributed by atoms with Crippen molar-refractivity contribution in [2.75, 3.05) is 13.7 Å². The van der Waals surface area contributed by atoms with E-state index in [0.717, 1.165) is 5.39 Å². The number of benzene rings is 2. The lowest BCUT2D eigenvalue weighted by Crippen LogP contribution is -2.27. The number of carbonyl (C=O) groups is 1. The fourth-order valence-corrected chi connectivity index (χ4v) is 3.11. The van der Waals surface area contributed by atoms with Crippen LogP contribution in [0.25, 0.3) is 10.9 Å². The van der Waals surface area contributed by atoms with Crippen LogP contribution in [-0.4, -0.2) is 24.5 Å². The van der Waals surface area contributed by atoms with E-state index in [0.29, 0.717) is 45.4 Å². The van der Waals surface area contributed by atoms with Crippen LogP contribution in [0.15, 0.2) is 47.3 Å². The van der Waals surface area contributed by atoms with Gasteiger partial charge in [-0.05, 0) is 36.8 Å². The van der Waals surface area contributed by atoms with Gasteiger partial charge in [-0.25, -0.2) is 0 Å². The third-order valence-corrected chi connectivity index (χ3v) is 4.62. The molecule has 0 saturated heterocycles. The summed E-state index contributed by atoms with van der Waals surface area (Å²) in [6.07, 6.45) is 0.381. The summed E-state index contributed by atoms with van der Waals surface area (Å²) in [5, 5.41) is 4.39. The largest absolute Gasteiger partial charge is 0.495 e. The third kappa shape index (κ3) is 3.84. The van der Waals surface area contributed by atoms with E-state index in [1.54, 1.807) is 42.5 Å². The first kappa shape index (κ1) is 18.3. The molecule has 0 bridgehead atoms. The maximum absolute atomic E-state index is 12.2. The van der Waals surface area contributed by atoms with E-state index >= 15 is 0 Å². The minimum Gasteiger partial charge on any atom is -0.495 e. The summed E-state index contributed by atoms with van der Waals surface area (Å²) in [5.74, 6) is 0.255. The average Bonchev–Trinajstić information content (AvgIpc) is 2.62. The van der Waals surface area contributed by atoms with Gasteiger partial charge in [0.25, 0.3) is 11.5 Å². The number of ether oxygens (including phenoxy) is 1. The molecule has 134 valence electrons. The molecule has 0 radical (unpaired) electrons. The first-order chi connectivity index (χ1) is 12.5. The second kappa shape index (κ2) is 7.81. The molecule has 26 heavy (non-hydrogen) atoms. The molecular formula is C19H16Cl2N2O3. The van der Waals surface area contributed by atoms with Crippen molar-refractivity contribution in [1.82, 2.24) is 10.3 Å². The highest BCUT2D eigenvalue weighted by atomic mass is 35.5. The zero-order valence-corrected chi connectivity index (χ0v) is 15.4. The van der Waals surface area contributed by atoms with E-state index in [4.69, 9.17) is 27.9 Å². The second-order valence-electron chi connectivity index (χ2n) is 5.68. The summed E-state index contributed by atoms with van der Waals surface area (Å²) in [7, 11) is 1.53. The van der Waals surface area contributed by atoms with Crippen LogP contribution in [0.1, 0.15) is 15.9 Å². The number of aromatic amines is 1. The summed E-state index contributed by atoms with van der Waals surface area (Å²) in [4.78, 5) is 27.2. The van der Waals surface area contributed by atoms with Gasteiger partial charge >= 0.3 is 0 Å². The van der Waals surface area contributed by atoms with Crippen molar-refractivity contribution in [1.29, 1.82) is 0 Å². The Morgan fingerprint density at radius 1 is 1.15 bits per heavy atom. The van der Waals surface area contributed by atoms with Gasteiger partial charge in [0.05, 0.1) is 28.2 Å². The number of amides is 1. The van der Waals surface area contributed by atoms with Crippen molar-refractivity contribution in [3.8, 4) is 5.75 Å². The number of methoxy groups -OCH3 is 1. The van der Waals surface area contributed by atoms with E-state index in [9.17, 15) is 9.59 Å². The molecule has 7 heteroatoms. The van der Waals surface area contributed by atoms with Crippen molar-refractivity contribution < 1.29 is 9.53 Å². The van der Waals surface area contributed by atoms with Crippen LogP contribution < -0.4 is 15.6 Å². The molecule has 0 fully saturated rings. The lowest BCUT2D eigenvalue weighted by molar-refractivity contribution is 0.0954. The van der Waals surface area contributed by atoms with Crippen molar-refractivity contribution in [2.45, 2.75) is 6.42 Å². The summed E-state index contributed by atoms with van der Waals surface area (Å²) < 4.78 is 5.20. The highest BCUT2D eigenvalue weighted by molar-refractivity contribution is 6.33. The minimum absolute atomic E-state index is 0.217. The van der Waals surface area contributed by atoms with Gasteiger partial charge in [-0.2, -0.15) is 0 Å². The number of carbonyl (C=O) groups excluding carboxylic acids is 1. The second-order valence-corrected chi connectivity index (χ2v) is 6.50. The van der Waals surface area contributed by atoms with Crippen LogP contribution in [0.2, 0.25) is 10.0 Å². The average molecular weight is 391 g/mol. The summed E-state index contributed by atoms with van der Waals surface area (Å²) in [6, 6.07) is 12.0. The Kier molecular flexibility index (Phi) is 5.49. The molecule has 0 unspecified atom stereocenters. The van der Waals surface area contributed by atoms with Gasteiger partial charge in [-0.15, -0.1) is 0 Å². The molecule has 3 rings (SSSR count). The normalized spacial score (nSPS) is 10.7. The van der Waals surface area contributed by atoms with Crippen LogP contribution in [-0.2, 0) is 6.42 Å². The SMILES string of the molecule is COc1cc2cc(CCNC(=O)c3ccccc3Cl)c(=O)[nH]c2cc1Cl. The maximum atomic E-state index is 12.2. The predicted octanol–water partition coefficient (Wildman–Crippen LogP) is 3.82. The maximum Gasteiger partial charge on any atom is 0.252 e. The molecule has 0 spiro atoms. The van der Waals surface area contributed by atoms with E-state index in [1.807, 2.05) is 0 Å². The third-order valence-electron chi connectivity index (χ3n) is 3.99. The Morgan fingerprint density at radius 2 is 1.92 bits per heavy atom. The molecular weight excluding hydrogens is 375 g/mol. The Morgan fingerprint density at radius 3 is 2.65 bits per heavy atom.